The molecular weight excluding hydrogens is 412 g/mol. The number of carbonyl (C=O) groups excluding carboxylic acids is 1. The number of nitrogens with zero attached hydrogens (tertiary/aromatic N) is 1. The van der Waals surface area contributed by atoms with Crippen molar-refractivity contribution in [1.29, 1.82) is 0 Å². The van der Waals surface area contributed by atoms with Crippen LogP contribution < -0.4 is 5.32 Å². The SMILES string of the molecule is Cc1ccc(Sc2ccc(Cl)cc2)c(-c2ccccc2NC(=O)c2ccccn2)c1. The molecule has 0 aliphatic carbocycles. The highest BCUT2D eigenvalue weighted by Gasteiger charge is 2.14. The molecule has 1 amide bonds. The van der Waals surface area contributed by atoms with E-state index in [-0.39, 0.29) is 5.91 Å². The fourth-order valence-electron chi connectivity index (χ4n) is 3.08. The van der Waals surface area contributed by atoms with Gasteiger partial charge in [0.25, 0.3) is 5.91 Å². The van der Waals surface area contributed by atoms with Crippen LogP contribution >= 0.6 is 23.4 Å². The second kappa shape index (κ2) is 9.16. The van der Waals surface area contributed by atoms with Crippen molar-refractivity contribution in [2.45, 2.75) is 16.7 Å². The van der Waals surface area contributed by atoms with E-state index in [1.807, 2.05) is 48.5 Å². The molecule has 1 N–H and O–H groups in total. The highest BCUT2D eigenvalue weighted by molar-refractivity contribution is 7.99. The van der Waals surface area contributed by atoms with Crippen molar-refractivity contribution in [2.24, 2.45) is 0 Å². The topological polar surface area (TPSA) is 42.0 Å². The first-order chi connectivity index (χ1) is 14.6. The second-order valence-electron chi connectivity index (χ2n) is 6.77. The smallest absolute Gasteiger partial charge is 0.274 e. The zero-order chi connectivity index (χ0) is 20.9. The molecule has 0 unspecified atom stereocenters. The average molecular weight is 431 g/mol. The first kappa shape index (κ1) is 20.2. The molecule has 0 atom stereocenters. The van der Waals surface area contributed by atoms with Crippen LogP contribution in [-0.4, -0.2) is 10.9 Å². The Morgan fingerprint density at radius 1 is 0.900 bits per heavy atom. The number of amides is 1. The number of pyridine rings is 1. The van der Waals surface area contributed by atoms with Gasteiger partial charge in [0, 0.05) is 32.3 Å². The molecule has 3 aromatic carbocycles. The molecule has 0 aliphatic rings. The molecule has 5 heteroatoms. The number of nitrogens with one attached hydrogen (secondary N) is 1. The highest BCUT2D eigenvalue weighted by Crippen LogP contribution is 2.39. The largest absolute Gasteiger partial charge is 0.320 e. The first-order valence-corrected chi connectivity index (χ1v) is 10.7. The summed E-state index contributed by atoms with van der Waals surface area (Å²) in [4.78, 5) is 19.0. The molecule has 148 valence electrons. The molecule has 0 radical (unpaired) electrons. The lowest BCUT2D eigenvalue weighted by molar-refractivity contribution is 0.102. The molecule has 0 saturated heterocycles. The fraction of sp³-hybridized carbons (Fsp3) is 0.0400. The van der Waals surface area contributed by atoms with Gasteiger partial charge in [0.1, 0.15) is 5.69 Å². The predicted octanol–water partition coefficient (Wildman–Crippen LogP) is 7.11. The standard InChI is InChI=1S/C25H19ClN2OS/c1-17-9-14-24(30-19-12-10-18(26)11-13-19)21(16-17)20-6-2-3-7-22(20)28-25(29)23-8-4-5-15-27-23/h2-16H,1H3,(H,28,29). The van der Waals surface area contributed by atoms with Gasteiger partial charge in [0.15, 0.2) is 0 Å². The number of halogens is 1. The Morgan fingerprint density at radius 3 is 2.43 bits per heavy atom. The molecule has 0 spiro atoms. The van der Waals surface area contributed by atoms with Crippen LogP contribution in [0.25, 0.3) is 11.1 Å². The van der Waals surface area contributed by atoms with Gasteiger partial charge in [-0.25, -0.2) is 0 Å². The van der Waals surface area contributed by atoms with Crippen LogP contribution in [-0.2, 0) is 0 Å². The third-order valence-electron chi connectivity index (χ3n) is 4.54. The van der Waals surface area contributed by atoms with Crippen LogP contribution in [0, 0.1) is 6.92 Å². The summed E-state index contributed by atoms with van der Waals surface area (Å²) in [7, 11) is 0. The van der Waals surface area contributed by atoms with E-state index in [9.17, 15) is 4.79 Å². The Kier molecular flexibility index (Phi) is 6.17. The van der Waals surface area contributed by atoms with Crippen molar-refractivity contribution >= 4 is 35.0 Å². The number of hydrogen-bond donors (Lipinski definition) is 1. The zero-order valence-electron chi connectivity index (χ0n) is 16.3. The molecule has 0 bridgehead atoms. The van der Waals surface area contributed by atoms with Gasteiger partial charge < -0.3 is 5.32 Å². The summed E-state index contributed by atoms with van der Waals surface area (Å²) in [5, 5.41) is 3.73. The minimum Gasteiger partial charge on any atom is -0.320 e. The van der Waals surface area contributed by atoms with E-state index < -0.39 is 0 Å². The van der Waals surface area contributed by atoms with E-state index in [1.54, 1.807) is 36.2 Å². The van der Waals surface area contributed by atoms with Crippen molar-refractivity contribution in [3.63, 3.8) is 0 Å². The molecule has 0 fully saturated rings. The number of benzene rings is 3. The maximum atomic E-state index is 12.7. The van der Waals surface area contributed by atoms with E-state index in [1.165, 1.54) is 0 Å². The number of aryl methyl sites for hydroxylation is 1. The minimum absolute atomic E-state index is 0.234. The molecule has 1 aromatic heterocycles. The van der Waals surface area contributed by atoms with Crippen LogP contribution in [0.1, 0.15) is 16.1 Å². The molecule has 4 aromatic rings. The van der Waals surface area contributed by atoms with Crippen LogP contribution in [0.4, 0.5) is 5.69 Å². The number of rotatable bonds is 5. The van der Waals surface area contributed by atoms with E-state index in [4.69, 9.17) is 11.6 Å². The monoisotopic (exact) mass is 430 g/mol. The third kappa shape index (κ3) is 4.73. The Hall–Kier alpha value is -3.08. The highest BCUT2D eigenvalue weighted by atomic mass is 35.5. The third-order valence-corrected chi connectivity index (χ3v) is 5.88. The van der Waals surface area contributed by atoms with Gasteiger partial charge in [-0.15, -0.1) is 0 Å². The van der Waals surface area contributed by atoms with Crippen molar-refractivity contribution < 1.29 is 4.79 Å². The summed E-state index contributed by atoms with van der Waals surface area (Å²) in [6.07, 6.45) is 1.61. The Morgan fingerprint density at radius 2 is 1.67 bits per heavy atom. The van der Waals surface area contributed by atoms with Crippen LogP contribution in [0.15, 0.2) is 101 Å². The summed E-state index contributed by atoms with van der Waals surface area (Å²) >= 11 is 7.69. The number of hydrogen-bond acceptors (Lipinski definition) is 3. The van der Waals surface area contributed by atoms with E-state index in [0.29, 0.717) is 10.7 Å². The van der Waals surface area contributed by atoms with Gasteiger partial charge in [0.05, 0.1) is 0 Å². The second-order valence-corrected chi connectivity index (χ2v) is 8.32. The van der Waals surface area contributed by atoms with Gasteiger partial charge in [-0.3, -0.25) is 9.78 Å². The fourth-order valence-corrected chi connectivity index (χ4v) is 4.15. The number of para-hydroxylation sites is 1. The molecule has 0 saturated carbocycles. The van der Waals surface area contributed by atoms with Crippen molar-refractivity contribution in [3.8, 4) is 11.1 Å². The molecule has 30 heavy (non-hydrogen) atoms. The van der Waals surface area contributed by atoms with Crippen LogP contribution in [0.3, 0.4) is 0 Å². The van der Waals surface area contributed by atoms with Gasteiger partial charge in [-0.1, -0.05) is 65.3 Å². The lowest BCUT2D eigenvalue weighted by Gasteiger charge is -2.15. The molecular formula is C25H19ClN2OS. The molecule has 0 aliphatic heterocycles. The van der Waals surface area contributed by atoms with Crippen molar-refractivity contribution in [1.82, 2.24) is 4.98 Å². The molecule has 4 rings (SSSR count). The Bertz CT molecular complexity index is 1180. The van der Waals surface area contributed by atoms with Gasteiger partial charge in [-0.2, -0.15) is 0 Å². The number of carbonyl (C=O) groups is 1. The Balaban J connectivity index is 1.71. The lowest BCUT2D eigenvalue weighted by atomic mass is 10.0. The normalized spacial score (nSPS) is 10.6. The van der Waals surface area contributed by atoms with Gasteiger partial charge in [-0.05, 0) is 61.0 Å². The van der Waals surface area contributed by atoms with E-state index >= 15 is 0 Å². The van der Waals surface area contributed by atoms with Crippen LogP contribution in [0.2, 0.25) is 5.02 Å². The summed E-state index contributed by atoms with van der Waals surface area (Å²) in [5.74, 6) is -0.234. The summed E-state index contributed by atoms with van der Waals surface area (Å²) in [5.41, 5.74) is 4.30. The maximum Gasteiger partial charge on any atom is 0.274 e. The maximum absolute atomic E-state index is 12.7. The van der Waals surface area contributed by atoms with Gasteiger partial charge >= 0.3 is 0 Å². The zero-order valence-corrected chi connectivity index (χ0v) is 17.9. The average Bonchev–Trinajstić information content (AvgIpc) is 2.77. The van der Waals surface area contributed by atoms with E-state index in [2.05, 4.69) is 35.4 Å². The number of anilines is 1. The quantitative estimate of drug-likeness (QED) is 0.366. The lowest BCUT2D eigenvalue weighted by Crippen LogP contribution is -2.14. The number of aromatic nitrogens is 1. The summed E-state index contributed by atoms with van der Waals surface area (Å²) in [6, 6.07) is 27.3. The van der Waals surface area contributed by atoms with Crippen LogP contribution in [0.5, 0.6) is 0 Å². The minimum atomic E-state index is -0.234. The Labute approximate surface area is 185 Å². The van der Waals surface area contributed by atoms with Crippen molar-refractivity contribution in [2.75, 3.05) is 5.32 Å². The summed E-state index contributed by atoms with van der Waals surface area (Å²) < 4.78 is 0. The summed E-state index contributed by atoms with van der Waals surface area (Å²) in [6.45, 7) is 2.06. The molecule has 3 nitrogen and oxygen atoms in total. The first-order valence-electron chi connectivity index (χ1n) is 9.46. The predicted molar refractivity (Wildman–Crippen MR) is 124 cm³/mol. The van der Waals surface area contributed by atoms with E-state index in [0.717, 1.165) is 32.2 Å². The van der Waals surface area contributed by atoms with Gasteiger partial charge in [0.2, 0.25) is 0 Å². The molecule has 1 heterocycles. The van der Waals surface area contributed by atoms with Crippen molar-refractivity contribution in [3.05, 3.63) is 107 Å².